The molecular weight excluding hydrogens is 288 g/mol. The van der Waals surface area contributed by atoms with Crippen molar-refractivity contribution in [2.45, 2.75) is 13.8 Å². The number of halogens is 1. The van der Waals surface area contributed by atoms with Gasteiger partial charge in [0.2, 0.25) is 5.76 Å². The van der Waals surface area contributed by atoms with Crippen molar-refractivity contribution in [3.05, 3.63) is 64.4 Å². The second-order valence-electron chi connectivity index (χ2n) is 4.85. The largest absolute Gasteiger partial charge is 0.449 e. The summed E-state index contributed by atoms with van der Waals surface area (Å²) in [6.07, 6.45) is 0. The Hall–Kier alpha value is -2.26. The third kappa shape index (κ3) is 2.52. The first-order valence-electron chi connectivity index (χ1n) is 6.52. The van der Waals surface area contributed by atoms with Gasteiger partial charge in [0.25, 0.3) is 0 Å². The molecule has 0 atom stereocenters. The third-order valence-electron chi connectivity index (χ3n) is 3.37. The number of para-hydroxylation sites is 1. The van der Waals surface area contributed by atoms with Crippen molar-refractivity contribution in [2.75, 3.05) is 0 Å². The SMILES string of the molecule is Cc1cc(Cl)ccc1OC(=O)c1oc2ccccc2c1C. The van der Waals surface area contributed by atoms with Crippen LogP contribution in [0.3, 0.4) is 0 Å². The maximum atomic E-state index is 12.3. The van der Waals surface area contributed by atoms with Crippen molar-refractivity contribution < 1.29 is 13.9 Å². The molecule has 1 aromatic heterocycles. The molecule has 0 saturated heterocycles. The number of ether oxygens (including phenoxy) is 1. The topological polar surface area (TPSA) is 39.4 Å². The molecule has 0 fully saturated rings. The van der Waals surface area contributed by atoms with Gasteiger partial charge in [-0.25, -0.2) is 4.79 Å². The number of hydrogen-bond donors (Lipinski definition) is 0. The average molecular weight is 301 g/mol. The highest BCUT2D eigenvalue weighted by molar-refractivity contribution is 6.30. The zero-order chi connectivity index (χ0) is 15.0. The minimum atomic E-state index is -0.505. The molecule has 0 saturated carbocycles. The highest BCUT2D eigenvalue weighted by Crippen LogP contribution is 2.27. The Labute approximate surface area is 127 Å². The molecule has 0 aliphatic carbocycles. The van der Waals surface area contributed by atoms with Gasteiger partial charge in [-0.2, -0.15) is 0 Å². The average Bonchev–Trinajstić information content (AvgIpc) is 2.80. The van der Waals surface area contributed by atoms with E-state index in [2.05, 4.69) is 0 Å². The first kappa shape index (κ1) is 13.7. The highest BCUT2D eigenvalue weighted by Gasteiger charge is 2.20. The minimum absolute atomic E-state index is 0.227. The van der Waals surface area contributed by atoms with E-state index in [-0.39, 0.29) is 5.76 Å². The van der Waals surface area contributed by atoms with Crippen LogP contribution in [0.1, 0.15) is 21.7 Å². The highest BCUT2D eigenvalue weighted by atomic mass is 35.5. The van der Waals surface area contributed by atoms with E-state index in [4.69, 9.17) is 20.8 Å². The van der Waals surface area contributed by atoms with Crippen LogP contribution in [0, 0.1) is 13.8 Å². The van der Waals surface area contributed by atoms with E-state index in [9.17, 15) is 4.79 Å². The van der Waals surface area contributed by atoms with Crippen LogP contribution >= 0.6 is 11.6 Å². The molecule has 0 radical (unpaired) electrons. The van der Waals surface area contributed by atoms with Gasteiger partial charge in [-0.15, -0.1) is 0 Å². The molecule has 3 aromatic rings. The number of fused-ring (bicyclic) bond motifs is 1. The Bertz CT molecular complexity index is 833. The second kappa shape index (κ2) is 5.26. The summed E-state index contributed by atoms with van der Waals surface area (Å²) in [5, 5.41) is 1.52. The fraction of sp³-hybridized carbons (Fsp3) is 0.118. The van der Waals surface area contributed by atoms with Crippen LogP contribution in [-0.4, -0.2) is 5.97 Å². The monoisotopic (exact) mass is 300 g/mol. The van der Waals surface area contributed by atoms with Gasteiger partial charge in [0.15, 0.2) is 0 Å². The number of aryl methyl sites for hydroxylation is 2. The van der Waals surface area contributed by atoms with E-state index in [0.29, 0.717) is 16.4 Å². The third-order valence-corrected chi connectivity index (χ3v) is 3.60. The molecule has 106 valence electrons. The van der Waals surface area contributed by atoms with Crippen molar-refractivity contribution in [1.29, 1.82) is 0 Å². The van der Waals surface area contributed by atoms with Crippen molar-refractivity contribution in [1.82, 2.24) is 0 Å². The Balaban J connectivity index is 1.95. The molecule has 2 aromatic carbocycles. The van der Waals surface area contributed by atoms with Crippen LogP contribution in [0.4, 0.5) is 0 Å². The van der Waals surface area contributed by atoms with E-state index in [1.807, 2.05) is 38.1 Å². The lowest BCUT2D eigenvalue weighted by molar-refractivity contribution is 0.0701. The van der Waals surface area contributed by atoms with Crippen molar-refractivity contribution in [2.24, 2.45) is 0 Å². The summed E-state index contributed by atoms with van der Waals surface area (Å²) < 4.78 is 11.0. The molecule has 21 heavy (non-hydrogen) atoms. The number of furan rings is 1. The van der Waals surface area contributed by atoms with Crippen LogP contribution < -0.4 is 4.74 Å². The summed E-state index contributed by atoms with van der Waals surface area (Å²) >= 11 is 5.89. The van der Waals surface area contributed by atoms with Gasteiger partial charge in [-0.05, 0) is 43.7 Å². The van der Waals surface area contributed by atoms with Crippen LogP contribution in [-0.2, 0) is 0 Å². The molecule has 1 heterocycles. The summed E-state index contributed by atoms with van der Waals surface area (Å²) in [6, 6.07) is 12.6. The van der Waals surface area contributed by atoms with Gasteiger partial charge in [0, 0.05) is 16.0 Å². The van der Waals surface area contributed by atoms with Crippen molar-refractivity contribution >= 4 is 28.5 Å². The molecule has 3 nitrogen and oxygen atoms in total. The summed E-state index contributed by atoms with van der Waals surface area (Å²) in [5.74, 6) is 0.198. The van der Waals surface area contributed by atoms with Gasteiger partial charge in [0.05, 0.1) is 0 Å². The Morgan fingerprint density at radius 1 is 1.14 bits per heavy atom. The van der Waals surface area contributed by atoms with Gasteiger partial charge in [-0.1, -0.05) is 29.8 Å². The molecular formula is C17H13ClO3. The minimum Gasteiger partial charge on any atom is -0.449 e. The predicted octanol–water partition coefficient (Wildman–Crippen LogP) is 4.92. The summed E-state index contributed by atoms with van der Waals surface area (Å²) in [5.41, 5.74) is 2.25. The lowest BCUT2D eigenvalue weighted by atomic mass is 10.1. The number of rotatable bonds is 2. The molecule has 0 amide bonds. The predicted molar refractivity (Wildman–Crippen MR) is 82.1 cm³/mol. The molecule has 0 aliphatic heterocycles. The molecule has 3 rings (SSSR count). The standard InChI is InChI=1S/C17H13ClO3/c1-10-9-12(18)7-8-14(10)21-17(19)16-11(2)13-5-3-4-6-15(13)20-16/h3-9H,1-2H3. The fourth-order valence-electron chi connectivity index (χ4n) is 2.24. The Morgan fingerprint density at radius 3 is 2.62 bits per heavy atom. The molecule has 4 heteroatoms. The van der Waals surface area contributed by atoms with Gasteiger partial charge < -0.3 is 9.15 Å². The summed E-state index contributed by atoms with van der Waals surface area (Å²) in [7, 11) is 0. The van der Waals surface area contributed by atoms with Crippen LogP contribution in [0.25, 0.3) is 11.0 Å². The van der Waals surface area contributed by atoms with E-state index in [1.165, 1.54) is 0 Å². The van der Waals surface area contributed by atoms with Crippen LogP contribution in [0.5, 0.6) is 5.75 Å². The number of esters is 1. The number of carbonyl (C=O) groups excluding carboxylic acids is 1. The Kier molecular flexibility index (Phi) is 3.43. The van der Waals surface area contributed by atoms with Crippen LogP contribution in [0.2, 0.25) is 5.02 Å². The van der Waals surface area contributed by atoms with Gasteiger partial charge >= 0.3 is 5.97 Å². The lowest BCUT2D eigenvalue weighted by Crippen LogP contribution is -2.09. The number of carbonyl (C=O) groups is 1. The number of benzene rings is 2. The van der Waals surface area contributed by atoms with Crippen molar-refractivity contribution in [3.8, 4) is 5.75 Å². The van der Waals surface area contributed by atoms with Crippen molar-refractivity contribution in [3.63, 3.8) is 0 Å². The van der Waals surface area contributed by atoms with Crippen LogP contribution in [0.15, 0.2) is 46.9 Å². The lowest BCUT2D eigenvalue weighted by Gasteiger charge is -2.06. The maximum Gasteiger partial charge on any atom is 0.379 e. The number of hydrogen-bond acceptors (Lipinski definition) is 3. The normalized spacial score (nSPS) is 10.8. The van der Waals surface area contributed by atoms with E-state index in [1.54, 1.807) is 18.2 Å². The quantitative estimate of drug-likeness (QED) is 0.498. The van der Waals surface area contributed by atoms with E-state index >= 15 is 0 Å². The van der Waals surface area contributed by atoms with E-state index < -0.39 is 5.97 Å². The zero-order valence-corrected chi connectivity index (χ0v) is 12.4. The molecule has 0 unspecified atom stereocenters. The first-order chi connectivity index (χ1) is 10.1. The summed E-state index contributed by atoms with van der Waals surface area (Å²) in [4.78, 5) is 12.3. The maximum absolute atomic E-state index is 12.3. The Morgan fingerprint density at radius 2 is 1.90 bits per heavy atom. The zero-order valence-electron chi connectivity index (χ0n) is 11.6. The van der Waals surface area contributed by atoms with Gasteiger partial charge in [0.1, 0.15) is 11.3 Å². The summed E-state index contributed by atoms with van der Waals surface area (Å²) in [6.45, 7) is 3.68. The molecule has 0 spiro atoms. The first-order valence-corrected chi connectivity index (χ1v) is 6.90. The molecule has 0 aliphatic rings. The second-order valence-corrected chi connectivity index (χ2v) is 5.29. The molecule has 0 N–H and O–H groups in total. The van der Waals surface area contributed by atoms with E-state index in [0.717, 1.165) is 16.5 Å². The molecule has 0 bridgehead atoms. The fourth-order valence-corrected chi connectivity index (χ4v) is 2.47. The smallest absolute Gasteiger partial charge is 0.379 e. The van der Waals surface area contributed by atoms with Gasteiger partial charge in [-0.3, -0.25) is 0 Å².